The lowest BCUT2D eigenvalue weighted by atomic mass is 10.1. The van der Waals surface area contributed by atoms with Crippen LogP contribution in [0.1, 0.15) is 43.5 Å². The molecule has 148 valence electrons. The van der Waals surface area contributed by atoms with Crippen molar-refractivity contribution < 1.29 is 14.3 Å². The van der Waals surface area contributed by atoms with Crippen LogP contribution in [0.25, 0.3) is 0 Å². The number of carbonyl (C=O) groups is 2. The molecule has 1 N–H and O–H groups in total. The van der Waals surface area contributed by atoms with Crippen LogP contribution in [0.2, 0.25) is 0 Å². The summed E-state index contributed by atoms with van der Waals surface area (Å²) in [7, 11) is 0. The van der Waals surface area contributed by atoms with E-state index in [1.165, 1.54) is 0 Å². The average molecular weight is 374 g/mol. The maximum atomic E-state index is 13.1. The third-order valence-corrected chi connectivity index (χ3v) is 5.62. The summed E-state index contributed by atoms with van der Waals surface area (Å²) in [5.74, 6) is 0.0422. The minimum Gasteiger partial charge on any atom is -0.381 e. The monoisotopic (exact) mass is 374 g/mol. The Labute approximate surface area is 161 Å². The molecule has 7 heteroatoms. The number of ether oxygens (including phenoxy) is 1. The zero-order valence-electron chi connectivity index (χ0n) is 16.3. The van der Waals surface area contributed by atoms with Crippen LogP contribution in [0.15, 0.2) is 24.5 Å². The van der Waals surface area contributed by atoms with Crippen LogP contribution in [0, 0.1) is 0 Å². The van der Waals surface area contributed by atoms with E-state index in [0.717, 1.165) is 26.1 Å². The van der Waals surface area contributed by atoms with Gasteiger partial charge in [-0.2, -0.15) is 0 Å². The van der Waals surface area contributed by atoms with Crippen LogP contribution in [0.4, 0.5) is 0 Å². The van der Waals surface area contributed by atoms with E-state index >= 15 is 0 Å². The number of rotatable bonds is 6. The number of likely N-dealkylation sites (tertiary alicyclic amines) is 1. The standard InChI is InChI=1S/C20H30N4O3/c1-3-23(4-2)20(26)18-12-16(14-24(18)17-7-10-27-11-8-17)22-19(25)15-6-5-9-21-13-15/h5-6,9,13,16-18H,3-4,7-8,10-12,14H2,1-2H3,(H,22,25)/t16-,18+/m1/s1. The highest BCUT2D eigenvalue weighted by Gasteiger charge is 2.42. The quantitative estimate of drug-likeness (QED) is 0.812. The third kappa shape index (κ3) is 4.65. The summed E-state index contributed by atoms with van der Waals surface area (Å²) in [6.07, 6.45) is 5.74. The lowest BCUT2D eigenvalue weighted by Crippen LogP contribution is -2.50. The number of likely N-dealkylation sites (N-methyl/N-ethyl adjacent to an activating group) is 1. The first-order chi connectivity index (χ1) is 13.1. The first-order valence-electron chi connectivity index (χ1n) is 9.97. The lowest BCUT2D eigenvalue weighted by Gasteiger charge is -2.36. The zero-order chi connectivity index (χ0) is 19.2. The molecule has 0 bridgehead atoms. The molecule has 0 radical (unpaired) electrons. The van der Waals surface area contributed by atoms with Gasteiger partial charge in [-0.15, -0.1) is 0 Å². The first kappa shape index (κ1) is 19.8. The van der Waals surface area contributed by atoms with Crippen molar-refractivity contribution in [1.29, 1.82) is 0 Å². The van der Waals surface area contributed by atoms with Crippen LogP contribution in [-0.4, -0.2) is 77.6 Å². The van der Waals surface area contributed by atoms with Crippen molar-refractivity contribution in [2.45, 2.75) is 51.2 Å². The number of pyridine rings is 1. The molecule has 2 fully saturated rings. The molecule has 27 heavy (non-hydrogen) atoms. The van der Waals surface area contributed by atoms with Gasteiger partial charge in [0.15, 0.2) is 0 Å². The second kappa shape index (κ2) is 9.28. The number of amides is 2. The Balaban J connectivity index is 1.72. The minimum absolute atomic E-state index is 0.0370. The number of hydrogen-bond acceptors (Lipinski definition) is 5. The van der Waals surface area contributed by atoms with Crippen molar-refractivity contribution in [3.8, 4) is 0 Å². The summed E-state index contributed by atoms with van der Waals surface area (Å²) >= 11 is 0. The summed E-state index contributed by atoms with van der Waals surface area (Å²) in [6, 6.07) is 3.64. The van der Waals surface area contributed by atoms with Gasteiger partial charge in [-0.25, -0.2) is 0 Å². The largest absolute Gasteiger partial charge is 0.381 e. The predicted molar refractivity (Wildman–Crippen MR) is 102 cm³/mol. The average Bonchev–Trinajstić information content (AvgIpc) is 3.14. The van der Waals surface area contributed by atoms with E-state index in [4.69, 9.17) is 4.74 Å². The normalized spacial score (nSPS) is 23.9. The fraction of sp³-hybridized carbons (Fsp3) is 0.650. The molecule has 2 amide bonds. The molecule has 2 atom stereocenters. The van der Waals surface area contributed by atoms with Crippen molar-refractivity contribution in [2.24, 2.45) is 0 Å². The number of aromatic nitrogens is 1. The zero-order valence-corrected chi connectivity index (χ0v) is 16.3. The first-order valence-corrected chi connectivity index (χ1v) is 9.97. The van der Waals surface area contributed by atoms with Crippen molar-refractivity contribution in [3.63, 3.8) is 0 Å². The Bertz CT molecular complexity index is 629. The van der Waals surface area contributed by atoms with Gasteiger partial charge in [-0.05, 0) is 45.2 Å². The van der Waals surface area contributed by atoms with Gasteiger partial charge < -0.3 is 15.0 Å². The SMILES string of the molecule is CCN(CC)C(=O)[C@@H]1C[C@@H](NC(=O)c2cccnc2)CN1C1CCOCC1. The van der Waals surface area contributed by atoms with Gasteiger partial charge in [0.05, 0.1) is 11.6 Å². The van der Waals surface area contributed by atoms with Gasteiger partial charge >= 0.3 is 0 Å². The molecule has 0 aromatic carbocycles. The minimum atomic E-state index is -0.174. The number of carbonyl (C=O) groups excluding carboxylic acids is 2. The maximum absolute atomic E-state index is 13.1. The molecule has 3 rings (SSSR count). The van der Waals surface area contributed by atoms with Gasteiger partial charge in [-0.1, -0.05) is 0 Å². The molecule has 2 aliphatic heterocycles. The van der Waals surface area contributed by atoms with Crippen LogP contribution < -0.4 is 5.32 Å². The Kier molecular flexibility index (Phi) is 6.79. The molecule has 1 aromatic rings. The van der Waals surface area contributed by atoms with Gasteiger partial charge in [0.2, 0.25) is 5.91 Å². The molecule has 2 saturated heterocycles. The van der Waals surface area contributed by atoms with E-state index in [1.807, 2.05) is 18.7 Å². The maximum Gasteiger partial charge on any atom is 0.253 e. The van der Waals surface area contributed by atoms with Crippen molar-refractivity contribution >= 4 is 11.8 Å². The fourth-order valence-electron chi connectivity index (χ4n) is 4.14. The fourth-order valence-corrected chi connectivity index (χ4v) is 4.14. The van der Waals surface area contributed by atoms with E-state index in [2.05, 4.69) is 15.2 Å². The lowest BCUT2D eigenvalue weighted by molar-refractivity contribution is -0.137. The highest BCUT2D eigenvalue weighted by Crippen LogP contribution is 2.27. The van der Waals surface area contributed by atoms with Crippen LogP contribution in [0.5, 0.6) is 0 Å². The summed E-state index contributed by atoms with van der Waals surface area (Å²) in [5.41, 5.74) is 0.550. The second-order valence-corrected chi connectivity index (χ2v) is 7.21. The van der Waals surface area contributed by atoms with Gasteiger partial charge in [-0.3, -0.25) is 19.5 Å². The van der Waals surface area contributed by atoms with Crippen LogP contribution in [-0.2, 0) is 9.53 Å². The van der Waals surface area contributed by atoms with Crippen molar-refractivity contribution in [1.82, 2.24) is 20.1 Å². The topological polar surface area (TPSA) is 74.8 Å². The summed E-state index contributed by atoms with van der Waals surface area (Å²) < 4.78 is 5.50. The molecule has 0 aliphatic carbocycles. The van der Waals surface area contributed by atoms with Gasteiger partial charge in [0.25, 0.3) is 5.91 Å². The molecule has 1 aromatic heterocycles. The van der Waals surface area contributed by atoms with Gasteiger partial charge in [0.1, 0.15) is 0 Å². The van der Waals surface area contributed by atoms with Gasteiger partial charge in [0, 0.05) is 57.3 Å². The Hall–Kier alpha value is -1.99. The Morgan fingerprint density at radius 3 is 2.67 bits per heavy atom. The Morgan fingerprint density at radius 1 is 1.30 bits per heavy atom. The molecule has 0 spiro atoms. The molecular formula is C20H30N4O3. The van der Waals surface area contributed by atoms with E-state index < -0.39 is 0 Å². The molecular weight excluding hydrogens is 344 g/mol. The molecule has 2 aliphatic rings. The third-order valence-electron chi connectivity index (χ3n) is 5.62. The van der Waals surface area contributed by atoms with Crippen molar-refractivity contribution in [3.05, 3.63) is 30.1 Å². The highest BCUT2D eigenvalue weighted by molar-refractivity contribution is 5.94. The predicted octanol–water partition coefficient (Wildman–Crippen LogP) is 1.30. The highest BCUT2D eigenvalue weighted by atomic mass is 16.5. The smallest absolute Gasteiger partial charge is 0.253 e. The molecule has 7 nitrogen and oxygen atoms in total. The Morgan fingerprint density at radius 2 is 2.04 bits per heavy atom. The molecule has 0 saturated carbocycles. The van der Waals surface area contributed by atoms with Crippen molar-refractivity contribution in [2.75, 3.05) is 32.8 Å². The van der Waals surface area contributed by atoms with Crippen LogP contribution >= 0.6 is 0 Å². The summed E-state index contributed by atoms with van der Waals surface area (Å²) in [4.78, 5) is 33.8. The molecule has 3 heterocycles. The number of nitrogens with one attached hydrogen (secondary N) is 1. The van der Waals surface area contributed by atoms with Crippen LogP contribution in [0.3, 0.4) is 0 Å². The summed E-state index contributed by atoms with van der Waals surface area (Å²) in [5, 5.41) is 3.10. The number of nitrogens with zero attached hydrogens (tertiary/aromatic N) is 3. The second-order valence-electron chi connectivity index (χ2n) is 7.21. The summed E-state index contributed by atoms with van der Waals surface area (Å²) in [6.45, 7) is 7.61. The van der Waals surface area contributed by atoms with E-state index in [0.29, 0.717) is 37.7 Å². The molecule has 0 unspecified atom stereocenters. The van der Waals surface area contributed by atoms with E-state index in [1.54, 1.807) is 24.5 Å². The number of hydrogen-bond donors (Lipinski definition) is 1. The van der Waals surface area contributed by atoms with E-state index in [9.17, 15) is 9.59 Å². The van der Waals surface area contributed by atoms with E-state index in [-0.39, 0.29) is 23.9 Å².